The lowest BCUT2D eigenvalue weighted by Gasteiger charge is -2.32. The summed E-state index contributed by atoms with van der Waals surface area (Å²) in [5.41, 5.74) is 5.89. The van der Waals surface area contributed by atoms with Crippen LogP contribution in [0.1, 0.15) is 55.9 Å². The van der Waals surface area contributed by atoms with Gasteiger partial charge in [-0.3, -0.25) is 4.79 Å². The van der Waals surface area contributed by atoms with Crippen LogP contribution in [-0.4, -0.2) is 28.2 Å². The Hall–Kier alpha value is -2.95. The Morgan fingerprint density at radius 1 is 1.02 bits per heavy atom. The van der Waals surface area contributed by atoms with Gasteiger partial charge in [0.2, 0.25) is 0 Å². The summed E-state index contributed by atoms with van der Waals surface area (Å²) >= 11 is 2.04. The average molecular weight is 657 g/mol. The SMILES string of the molecule is C=CC=C.CB(I)OC(=O)C1=C(COCc2ccc(CO)cc2)NC(C)=C(C(C)=O)C1c1cccc(C)c1.CC. The zero-order valence-corrected chi connectivity index (χ0v) is 26.6. The summed E-state index contributed by atoms with van der Waals surface area (Å²) < 4.78 is 11.2. The monoisotopic (exact) mass is 657 g/mol. The lowest BCUT2D eigenvalue weighted by Crippen LogP contribution is -2.34. The minimum atomic E-state index is -0.552. The van der Waals surface area contributed by atoms with Crippen molar-refractivity contribution < 1.29 is 24.1 Å². The molecule has 0 amide bonds. The van der Waals surface area contributed by atoms with E-state index in [1.165, 1.54) is 6.92 Å². The number of rotatable bonds is 10. The number of hydrogen-bond acceptors (Lipinski definition) is 6. The van der Waals surface area contributed by atoms with Crippen LogP contribution in [0.5, 0.6) is 0 Å². The third kappa shape index (κ3) is 10.6. The molecule has 1 atom stereocenters. The lowest BCUT2D eigenvalue weighted by molar-refractivity contribution is -0.130. The van der Waals surface area contributed by atoms with Gasteiger partial charge in [-0.05, 0) is 44.3 Å². The van der Waals surface area contributed by atoms with Crippen LogP contribution in [0.3, 0.4) is 0 Å². The first-order valence-electron chi connectivity index (χ1n) is 13.3. The van der Waals surface area contributed by atoms with E-state index < -0.39 is 11.9 Å². The zero-order chi connectivity index (χ0) is 30.2. The van der Waals surface area contributed by atoms with E-state index in [-0.39, 0.29) is 23.8 Å². The third-order valence-electron chi connectivity index (χ3n) is 5.78. The number of dihydropyridines is 1. The number of halogens is 1. The Morgan fingerprint density at radius 3 is 2.12 bits per heavy atom. The molecule has 1 heterocycles. The molecule has 6 nitrogen and oxygen atoms in total. The number of aryl methyl sites for hydroxylation is 1. The Kier molecular flexibility index (Phi) is 16.1. The molecule has 2 aromatic carbocycles. The van der Waals surface area contributed by atoms with E-state index in [0.29, 0.717) is 29.1 Å². The van der Waals surface area contributed by atoms with Crippen molar-refractivity contribution in [2.75, 3.05) is 6.61 Å². The fourth-order valence-corrected chi connectivity index (χ4v) is 4.36. The molecule has 2 N–H and O–H groups in total. The Labute approximate surface area is 253 Å². The predicted molar refractivity (Wildman–Crippen MR) is 173 cm³/mol. The third-order valence-corrected chi connectivity index (χ3v) is 6.03. The molecular formula is C32H41BINO5. The van der Waals surface area contributed by atoms with E-state index in [4.69, 9.17) is 9.39 Å². The van der Waals surface area contributed by atoms with E-state index in [9.17, 15) is 14.7 Å². The summed E-state index contributed by atoms with van der Waals surface area (Å²) in [5, 5.41) is 12.5. The molecule has 1 aliphatic rings. The number of benzene rings is 2. The van der Waals surface area contributed by atoms with Crippen molar-refractivity contribution in [2.45, 2.75) is 60.6 Å². The number of ketones is 1. The second-order valence-electron chi connectivity index (χ2n) is 8.85. The molecule has 214 valence electrons. The van der Waals surface area contributed by atoms with E-state index >= 15 is 0 Å². The number of ether oxygens (including phenoxy) is 1. The number of Topliss-reactive ketones (excluding diaryl/α,β-unsaturated/α-hetero) is 1. The summed E-state index contributed by atoms with van der Waals surface area (Å²) in [5.74, 6) is -1.13. The normalized spacial score (nSPS) is 14.1. The molecule has 0 spiro atoms. The number of carbonyl (C=O) groups is 2. The number of nitrogens with one attached hydrogen (secondary N) is 1. The molecule has 0 saturated heterocycles. The Balaban J connectivity index is 0.00000122. The molecule has 0 radical (unpaired) electrons. The zero-order valence-electron chi connectivity index (χ0n) is 24.4. The van der Waals surface area contributed by atoms with Crippen LogP contribution in [0, 0.1) is 6.92 Å². The van der Waals surface area contributed by atoms with Crippen LogP contribution in [0.2, 0.25) is 6.82 Å². The van der Waals surface area contributed by atoms with Crippen LogP contribution in [-0.2, 0) is 32.2 Å². The number of aliphatic hydroxyl groups excluding tert-OH is 1. The molecule has 8 heteroatoms. The Morgan fingerprint density at radius 2 is 1.62 bits per heavy atom. The predicted octanol–water partition coefficient (Wildman–Crippen LogP) is 6.99. The van der Waals surface area contributed by atoms with Crippen LogP contribution < -0.4 is 5.32 Å². The van der Waals surface area contributed by atoms with Gasteiger partial charge in [-0.1, -0.05) is 116 Å². The van der Waals surface area contributed by atoms with E-state index in [0.717, 1.165) is 22.3 Å². The number of aliphatic hydroxyl groups is 1. The molecule has 0 aliphatic carbocycles. The van der Waals surface area contributed by atoms with Gasteiger partial charge in [-0.25, -0.2) is 4.79 Å². The van der Waals surface area contributed by atoms with Gasteiger partial charge in [-0.2, -0.15) is 0 Å². The first kappa shape index (κ1) is 35.1. The molecule has 1 unspecified atom stereocenters. The van der Waals surface area contributed by atoms with Crippen molar-refractivity contribution >= 4 is 38.9 Å². The fraction of sp³-hybridized carbons (Fsp3) is 0.312. The number of carbonyl (C=O) groups excluding carboxylic acids is 2. The maximum atomic E-state index is 13.3. The average Bonchev–Trinajstić information content (AvgIpc) is 2.93. The van der Waals surface area contributed by atoms with Gasteiger partial charge in [0.1, 0.15) is 0 Å². The molecule has 3 rings (SSSR count). The summed E-state index contributed by atoms with van der Waals surface area (Å²) in [7, 11) is 0. The summed E-state index contributed by atoms with van der Waals surface area (Å²) in [6, 6.07) is 15.3. The number of allylic oxidation sites excluding steroid dienone is 4. The second kappa shape index (κ2) is 18.4. The molecule has 0 bridgehead atoms. The van der Waals surface area contributed by atoms with Crippen LogP contribution in [0.15, 0.2) is 96.4 Å². The van der Waals surface area contributed by atoms with E-state index in [1.807, 2.05) is 98.6 Å². The van der Waals surface area contributed by atoms with E-state index in [1.54, 1.807) is 19.0 Å². The van der Waals surface area contributed by atoms with Gasteiger partial charge >= 0.3 is 10.7 Å². The molecule has 40 heavy (non-hydrogen) atoms. The standard InChI is InChI=1S/C26H29BINO5.C4H6.C2H6/c1-16-6-5-7-21(12-16)24-23(18(3)31)17(2)29-22(25(24)26(32)34-27(4)28)15-33-14-20-10-8-19(13-30)9-11-20;1-3-4-2;1-2/h5-12,24,29-30H,13-15H2,1-4H3;3-4H,1-2H2;1-2H3. The summed E-state index contributed by atoms with van der Waals surface area (Å²) in [6.07, 6.45) is 3.28. The highest BCUT2D eigenvalue weighted by Crippen LogP contribution is 2.39. The molecular weight excluding hydrogens is 616 g/mol. The summed E-state index contributed by atoms with van der Waals surface area (Å²) in [4.78, 5) is 26.0. The lowest BCUT2D eigenvalue weighted by atomic mass is 9.78. The Bertz CT molecular complexity index is 1210. The molecule has 0 aromatic heterocycles. The van der Waals surface area contributed by atoms with Crippen molar-refractivity contribution in [2.24, 2.45) is 0 Å². The topological polar surface area (TPSA) is 84.9 Å². The van der Waals surface area contributed by atoms with Gasteiger partial charge in [0.15, 0.2) is 5.78 Å². The smallest absolute Gasteiger partial charge is 0.428 e. The highest BCUT2D eigenvalue weighted by atomic mass is 127. The highest BCUT2D eigenvalue weighted by molar-refractivity contribution is 14.1. The van der Waals surface area contributed by atoms with Crippen LogP contribution in [0.4, 0.5) is 0 Å². The fourth-order valence-electron chi connectivity index (χ4n) is 4.12. The first-order valence-corrected chi connectivity index (χ1v) is 14.5. The van der Waals surface area contributed by atoms with Crippen LogP contribution >= 0.6 is 22.4 Å². The van der Waals surface area contributed by atoms with E-state index in [2.05, 4.69) is 18.5 Å². The largest absolute Gasteiger partial charge is 0.522 e. The summed E-state index contributed by atoms with van der Waals surface area (Å²) in [6.45, 7) is 18.3. The molecule has 0 saturated carbocycles. The minimum Gasteiger partial charge on any atom is -0.522 e. The maximum Gasteiger partial charge on any atom is 0.428 e. The second-order valence-corrected chi connectivity index (χ2v) is 10.6. The highest BCUT2D eigenvalue weighted by Gasteiger charge is 2.37. The van der Waals surface area contributed by atoms with Crippen molar-refractivity contribution in [1.29, 1.82) is 0 Å². The molecule has 0 fully saturated rings. The van der Waals surface area contributed by atoms with Crippen molar-refractivity contribution in [1.82, 2.24) is 5.32 Å². The van der Waals surface area contributed by atoms with Gasteiger partial charge in [0, 0.05) is 17.2 Å². The first-order chi connectivity index (χ1) is 19.1. The molecule has 1 aliphatic heterocycles. The number of hydrogen-bond donors (Lipinski definition) is 2. The van der Waals surface area contributed by atoms with Crippen molar-refractivity contribution in [3.8, 4) is 0 Å². The van der Waals surface area contributed by atoms with Gasteiger partial charge in [-0.15, -0.1) is 0 Å². The van der Waals surface area contributed by atoms with Crippen LogP contribution in [0.25, 0.3) is 0 Å². The van der Waals surface area contributed by atoms with Gasteiger partial charge in [0.05, 0.1) is 31.1 Å². The maximum absolute atomic E-state index is 13.3. The molecule has 2 aromatic rings. The van der Waals surface area contributed by atoms with Crippen molar-refractivity contribution in [3.63, 3.8) is 0 Å². The minimum absolute atomic E-state index is 0.0108. The van der Waals surface area contributed by atoms with Crippen molar-refractivity contribution in [3.05, 3.63) is 119 Å². The quantitative estimate of drug-likeness (QED) is 0.163. The van der Waals surface area contributed by atoms with Gasteiger partial charge in [0.25, 0.3) is 0 Å². The van der Waals surface area contributed by atoms with Gasteiger partial charge < -0.3 is 19.8 Å².